The van der Waals surface area contributed by atoms with Gasteiger partial charge in [-0.15, -0.1) is 0 Å². The van der Waals surface area contributed by atoms with Gasteiger partial charge in [-0.3, -0.25) is 0 Å². The molecule has 0 aromatic heterocycles. The second-order valence-electron chi connectivity index (χ2n) is 13.3. The van der Waals surface area contributed by atoms with Gasteiger partial charge < -0.3 is 23.9 Å². The van der Waals surface area contributed by atoms with Crippen LogP contribution in [0, 0.1) is 0 Å². The molecule has 1 aliphatic carbocycles. The lowest BCUT2D eigenvalue weighted by Crippen LogP contribution is -2.50. The number of hydrogen-bond acceptors (Lipinski definition) is 5. The predicted octanol–water partition coefficient (Wildman–Crippen LogP) is 9.55. The Kier molecular flexibility index (Phi) is 12.2. The van der Waals surface area contributed by atoms with E-state index in [0.29, 0.717) is 35.5 Å². The van der Waals surface area contributed by atoms with Crippen LogP contribution in [0.15, 0.2) is 66.7 Å². The molecule has 3 aromatic rings. The van der Waals surface area contributed by atoms with Crippen LogP contribution in [0.2, 0.25) is 16.6 Å². The Labute approximate surface area is 271 Å². The average molecular weight is 632 g/mol. The third-order valence-electron chi connectivity index (χ3n) is 9.53. The molecule has 0 saturated carbocycles. The highest BCUT2D eigenvalue weighted by Gasteiger charge is 2.47. The third-order valence-corrected chi connectivity index (χ3v) is 15.5. The molecule has 0 saturated heterocycles. The SMILES string of the molecule is COc1cc(CN(CCCCCCO)C(=O)OCC2c3ccccc3-c3ccccc32)ccc1O[Si](C(C)C)(C(C)C)C(C)C. The van der Waals surface area contributed by atoms with Gasteiger partial charge in [0.15, 0.2) is 5.75 Å². The quantitative estimate of drug-likeness (QED) is 0.126. The van der Waals surface area contributed by atoms with Gasteiger partial charge in [-0.25, -0.2) is 4.79 Å². The topological polar surface area (TPSA) is 68.2 Å². The summed E-state index contributed by atoms with van der Waals surface area (Å²) in [7, 11) is -0.488. The molecule has 1 N–H and O–H groups in total. The van der Waals surface area contributed by atoms with E-state index in [0.717, 1.165) is 37.0 Å². The first-order chi connectivity index (χ1) is 21.6. The summed E-state index contributed by atoms with van der Waals surface area (Å²) < 4.78 is 18.9. The lowest BCUT2D eigenvalue weighted by atomic mass is 9.98. The van der Waals surface area contributed by atoms with Crippen molar-refractivity contribution in [1.29, 1.82) is 0 Å². The molecule has 1 amide bonds. The fourth-order valence-electron chi connectivity index (χ4n) is 7.35. The van der Waals surface area contributed by atoms with Crippen molar-refractivity contribution in [3.63, 3.8) is 0 Å². The van der Waals surface area contributed by atoms with Crippen molar-refractivity contribution in [3.05, 3.63) is 83.4 Å². The summed E-state index contributed by atoms with van der Waals surface area (Å²) in [6.07, 6.45) is 3.17. The molecule has 0 unspecified atom stereocenters. The summed E-state index contributed by atoms with van der Waals surface area (Å²) >= 11 is 0. The van der Waals surface area contributed by atoms with Crippen molar-refractivity contribution in [1.82, 2.24) is 4.90 Å². The Morgan fingerprint density at radius 3 is 1.93 bits per heavy atom. The Morgan fingerprint density at radius 1 is 0.800 bits per heavy atom. The van der Waals surface area contributed by atoms with Crippen LogP contribution < -0.4 is 9.16 Å². The van der Waals surface area contributed by atoms with Gasteiger partial charge in [-0.2, -0.15) is 0 Å². The van der Waals surface area contributed by atoms with Gasteiger partial charge in [-0.05, 0) is 69.4 Å². The zero-order valence-electron chi connectivity index (χ0n) is 28.3. The van der Waals surface area contributed by atoms with Crippen LogP contribution in [0.4, 0.5) is 4.79 Å². The zero-order valence-corrected chi connectivity index (χ0v) is 29.3. The second-order valence-corrected chi connectivity index (χ2v) is 18.6. The Morgan fingerprint density at radius 2 is 1.38 bits per heavy atom. The van der Waals surface area contributed by atoms with Gasteiger partial charge in [0.1, 0.15) is 12.4 Å². The number of carbonyl (C=O) groups is 1. The van der Waals surface area contributed by atoms with E-state index in [4.69, 9.17) is 13.9 Å². The van der Waals surface area contributed by atoms with Gasteiger partial charge in [-0.1, -0.05) is 109 Å². The molecule has 0 aliphatic heterocycles. The minimum atomic E-state index is -2.17. The number of aliphatic hydroxyl groups excluding tert-OH is 1. The van der Waals surface area contributed by atoms with Crippen LogP contribution in [0.5, 0.6) is 11.5 Å². The van der Waals surface area contributed by atoms with E-state index in [-0.39, 0.29) is 25.2 Å². The largest absolute Gasteiger partial charge is 0.540 e. The number of hydrogen-bond donors (Lipinski definition) is 1. The first-order valence-corrected chi connectivity index (χ1v) is 18.8. The number of carbonyl (C=O) groups excluding carboxylic acids is 1. The summed E-state index contributed by atoms with van der Waals surface area (Å²) in [5.41, 5.74) is 7.12. The van der Waals surface area contributed by atoms with Gasteiger partial charge in [0.2, 0.25) is 0 Å². The first-order valence-electron chi connectivity index (χ1n) is 16.7. The number of amides is 1. The van der Waals surface area contributed by atoms with Gasteiger partial charge in [0.25, 0.3) is 8.32 Å². The molecular weight excluding hydrogens is 579 g/mol. The summed E-state index contributed by atoms with van der Waals surface area (Å²) in [6, 6.07) is 22.9. The highest BCUT2D eigenvalue weighted by Crippen LogP contribution is 2.46. The lowest BCUT2D eigenvalue weighted by molar-refractivity contribution is 0.0963. The van der Waals surface area contributed by atoms with E-state index in [2.05, 4.69) is 90.1 Å². The molecule has 0 radical (unpaired) electrons. The monoisotopic (exact) mass is 631 g/mol. The van der Waals surface area contributed by atoms with Crippen molar-refractivity contribution < 1.29 is 23.8 Å². The smallest absolute Gasteiger partial charge is 0.410 e. The Balaban J connectivity index is 1.53. The van der Waals surface area contributed by atoms with Crippen molar-refractivity contribution >= 4 is 14.4 Å². The van der Waals surface area contributed by atoms with E-state index in [1.54, 1.807) is 12.0 Å². The van der Waals surface area contributed by atoms with Crippen LogP contribution in [-0.4, -0.2) is 51.3 Å². The number of methoxy groups -OCH3 is 1. The summed E-state index contributed by atoms with van der Waals surface area (Å²) in [5, 5.41) is 9.20. The van der Waals surface area contributed by atoms with E-state index >= 15 is 0 Å². The lowest BCUT2D eigenvalue weighted by Gasteiger charge is -2.42. The van der Waals surface area contributed by atoms with Crippen molar-refractivity contribution in [2.24, 2.45) is 0 Å². The maximum atomic E-state index is 13.7. The molecule has 0 bridgehead atoms. The van der Waals surface area contributed by atoms with Crippen LogP contribution >= 0.6 is 0 Å². The normalized spacial score (nSPS) is 12.9. The molecule has 0 heterocycles. The standard InChI is InChI=1S/C38H53NO5Si/c1-27(2)45(28(3)4,29(5)6)44-36-21-20-30(24-37(36)42-7)25-39(22-14-8-9-15-23-40)38(41)43-26-35-33-18-12-10-16-31(33)32-17-11-13-19-34(32)35/h10-13,16-21,24,27-29,35,40H,8-9,14-15,22-23,25-26H2,1-7H3. The number of aliphatic hydroxyl groups is 1. The molecule has 0 fully saturated rings. The number of ether oxygens (including phenoxy) is 2. The maximum Gasteiger partial charge on any atom is 0.410 e. The number of unbranched alkanes of at least 4 members (excludes halogenated alkanes) is 3. The molecule has 45 heavy (non-hydrogen) atoms. The molecule has 244 valence electrons. The average Bonchev–Trinajstić information content (AvgIpc) is 3.35. The fourth-order valence-corrected chi connectivity index (χ4v) is 12.6. The molecule has 4 rings (SSSR count). The molecule has 3 aromatic carbocycles. The van der Waals surface area contributed by atoms with Crippen molar-refractivity contribution in [3.8, 4) is 22.6 Å². The molecular formula is C38H53NO5Si. The van der Waals surface area contributed by atoms with Crippen molar-refractivity contribution in [2.45, 2.75) is 96.3 Å². The van der Waals surface area contributed by atoms with Crippen molar-refractivity contribution in [2.75, 3.05) is 26.9 Å². The van der Waals surface area contributed by atoms with Gasteiger partial charge in [0, 0.05) is 25.6 Å². The number of nitrogens with zero attached hydrogens (tertiary/aromatic N) is 1. The number of rotatable bonds is 16. The number of benzene rings is 3. The van der Waals surface area contributed by atoms with Crippen LogP contribution in [-0.2, 0) is 11.3 Å². The highest BCUT2D eigenvalue weighted by atomic mass is 28.4. The summed E-state index contributed by atoms with van der Waals surface area (Å²) in [4.78, 5) is 15.5. The fraction of sp³-hybridized carbons (Fsp3) is 0.500. The van der Waals surface area contributed by atoms with E-state index < -0.39 is 8.32 Å². The number of fused-ring (bicyclic) bond motifs is 3. The van der Waals surface area contributed by atoms with E-state index in [9.17, 15) is 9.90 Å². The minimum Gasteiger partial charge on any atom is -0.540 e. The second kappa shape index (κ2) is 15.8. The summed E-state index contributed by atoms with van der Waals surface area (Å²) in [5.74, 6) is 1.49. The van der Waals surface area contributed by atoms with Crippen LogP contribution in [0.3, 0.4) is 0 Å². The maximum absolute atomic E-state index is 13.7. The zero-order chi connectivity index (χ0) is 32.6. The molecule has 0 spiro atoms. The van der Waals surface area contributed by atoms with E-state index in [1.807, 2.05) is 18.2 Å². The van der Waals surface area contributed by atoms with Crippen LogP contribution in [0.25, 0.3) is 11.1 Å². The molecule has 7 heteroatoms. The molecule has 6 nitrogen and oxygen atoms in total. The first kappa shape index (κ1) is 34.6. The van der Waals surface area contributed by atoms with Crippen LogP contribution in [0.1, 0.15) is 89.8 Å². The minimum absolute atomic E-state index is 0.0107. The van der Waals surface area contributed by atoms with E-state index in [1.165, 1.54) is 22.3 Å². The summed E-state index contributed by atoms with van der Waals surface area (Å²) in [6.45, 7) is 15.1. The third kappa shape index (κ3) is 7.75. The Hall–Kier alpha value is -3.29. The highest BCUT2D eigenvalue weighted by molar-refractivity contribution is 6.78. The Bertz CT molecular complexity index is 1340. The molecule has 0 atom stereocenters. The molecule has 1 aliphatic rings. The van der Waals surface area contributed by atoms with Gasteiger partial charge >= 0.3 is 6.09 Å². The van der Waals surface area contributed by atoms with Gasteiger partial charge in [0.05, 0.1) is 7.11 Å². The predicted molar refractivity (Wildman–Crippen MR) is 186 cm³/mol.